The molecule has 0 amide bonds. The van der Waals surface area contributed by atoms with Gasteiger partial charge in [0.25, 0.3) is 0 Å². The molecule has 12 nitrogen and oxygen atoms in total. The average molecular weight is 809 g/mol. The molecule has 312 valence electrons. The Kier molecular flexibility index (Phi) is 10.9. The van der Waals surface area contributed by atoms with Gasteiger partial charge in [0.2, 0.25) is 23.4 Å². The number of nitrogens with zero attached hydrogens (tertiary/aromatic N) is 7. The van der Waals surface area contributed by atoms with Crippen molar-refractivity contribution in [2.24, 2.45) is 9.98 Å². The molecule has 0 saturated heterocycles. The van der Waals surface area contributed by atoms with Crippen molar-refractivity contribution in [3.05, 3.63) is 144 Å². The highest BCUT2D eigenvalue weighted by atomic mass is 15.4. The summed E-state index contributed by atoms with van der Waals surface area (Å²) >= 11 is 0. The SMILES string of the molecule is CCN1C=C[NH+](CC)/C1=C1\C2=NC(=C(C3N(CC)C=CN3CC)C3=[NH+]C(=C(C4N(CC)C=C[NH+]4CC)C4=NC(=C(C5N(CC)C=C[NH+]5CC)c5ccc1[nH]5)C=C4)C=C3)C=C2. The number of hydrogen-bond acceptors (Lipinski definition) is 7. The number of fused-ring (bicyclic) bond motifs is 5. The van der Waals surface area contributed by atoms with Gasteiger partial charge in [0.15, 0.2) is 6.17 Å². The van der Waals surface area contributed by atoms with Crippen molar-refractivity contribution in [3.8, 4) is 0 Å². The van der Waals surface area contributed by atoms with E-state index in [2.05, 4.69) is 188 Å². The second kappa shape index (κ2) is 16.4. The van der Waals surface area contributed by atoms with Gasteiger partial charge in [-0.2, -0.15) is 0 Å². The Hall–Kier alpha value is -5.69. The highest BCUT2D eigenvalue weighted by molar-refractivity contribution is 6.31. The van der Waals surface area contributed by atoms with Crippen LogP contribution in [0.1, 0.15) is 66.8 Å². The maximum atomic E-state index is 5.71. The molecule has 1 aromatic heterocycles. The third-order valence-corrected chi connectivity index (χ3v) is 13.4. The van der Waals surface area contributed by atoms with Crippen LogP contribution in [0.5, 0.6) is 0 Å². The van der Waals surface area contributed by atoms with E-state index in [1.165, 1.54) is 37.2 Å². The summed E-state index contributed by atoms with van der Waals surface area (Å²) in [6.07, 6.45) is 31.9. The highest BCUT2D eigenvalue weighted by Gasteiger charge is 2.44. The van der Waals surface area contributed by atoms with Gasteiger partial charge >= 0.3 is 0 Å². The first-order valence-electron chi connectivity index (χ1n) is 22.5. The minimum absolute atomic E-state index is 0.0211. The number of H-pyrrole nitrogens is 1. The van der Waals surface area contributed by atoms with E-state index in [4.69, 9.17) is 9.98 Å². The molecule has 5 N–H and O–H groups in total. The van der Waals surface area contributed by atoms with Crippen molar-refractivity contribution in [2.45, 2.75) is 73.9 Å². The lowest BCUT2D eigenvalue weighted by atomic mass is 10.0. The molecule has 9 heterocycles. The molecule has 5 atom stereocenters. The molecule has 0 aliphatic carbocycles. The smallest absolute Gasteiger partial charge is 0.222 e. The fraction of sp³-hybridized carbons (Fsp3) is 0.396. The molecule has 1 aromatic rings. The maximum Gasteiger partial charge on any atom is 0.222 e. The summed E-state index contributed by atoms with van der Waals surface area (Å²) < 4.78 is 0. The zero-order chi connectivity index (χ0) is 41.7. The van der Waals surface area contributed by atoms with Crippen LogP contribution in [0.3, 0.4) is 0 Å². The summed E-state index contributed by atoms with van der Waals surface area (Å²) in [5.41, 5.74) is 12.9. The molecule has 0 aromatic carbocycles. The maximum absolute atomic E-state index is 5.71. The average Bonchev–Trinajstić information content (AvgIpc) is 4.13. The summed E-state index contributed by atoms with van der Waals surface area (Å²) in [5.74, 6) is 1.22. The Labute approximate surface area is 356 Å². The molecule has 0 radical (unpaired) electrons. The Balaban J connectivity index is 1.36. The number of aromatic nitrogens is 1. The first-order chi connectivity index (χ1) is 29.4. The van der Waals surface area contributed by atoms with Crippen LogP contribution in [-0.2, 0) is 0 Å². The van der Waals surface area contributed by atoms with Gasteiger partial charge in [0, 0.05) is 57.3 Å². The number of nitrogens with one attached hydrogen (secondary N) is 5. The van der Waals surface area contributed by atoms with Crippen molar-refractivity contribution in [3.63, 3.8) is 0 Å². The number of allylic oxidation sites excluding steroid dienone is 7. The van der Waals surface area contributed by atoms with Gasteiger partial charge in [0.05, 0.1) is 83.6 Å². The van der Waals surface area contributed by atoms with Crippen LogP contribution >= 0.6 is 0 Å². The predicted octanol–water partition coefficient (Wildman–Crippen LogP) is 1.27. The molecular formula is C48H64N12+4. The molecular weight excluding hydrogens is 745 g/mol. The van der Waals surface area contributed by atoms with Crippen LogP contribution in [0.15, 0.2) is 142 Å². The van der Waals surface area contributed by atoms with E-state index in [-0.39, 0.29) is 18.5 Å². The van der Waals surface area contributed by atoms with Gasteiger partial charge in [0.1, 0.15) is 35.9 Å². The molecule has 9 rings (SSSR count). The monoisotopic (exact) mass is 809 g/mol. The number of quaternary nitrogens is 3. The van der Waals surface area contributed by atoms with Crippen molar-refractivity contribution >= 4 is 28.3 Å². The zero-order valence-corrected chi connectivity index (χ0v) is 36.8. The van der Waals surface area contributed by atoms with Crippen molar-refractivity contribution in [1.29, 1.82) is 0 Å². The third kappa shape index (κ3) is 6.43. The standard InChI is InChI=1S/C48H60N12/c1-9-53-25-26-54(10-2)45(53)41-33-17-19-35(49-33)42(46-55(11-3)27-28-56(46)12-4)37-21-23-39(51-37)44(48-59(15-7)31-32-60(48)16-8)40-24-22-38(52-40)43(36-20-18-34(41)50-36)47-57(13-5)29-30-58(47)14-6/h17-32,45-47,51H,9-16H2,1-8H3/p+4. The Morgan fingerprint density at radius 3 is 1.78 bits per heavy atom. The molecule has 0 saturated carbocycles. The second-order valence-corrected chi connectivity index (χ2v) is 16.2. The molecule has 0 fully saturated rings. The van der Waals surface area contributed by atoms with Crippen LogP contribution in [0.2, 0.25) is 0 Å². The van der Waals surface area contributed by atoms with E-state index in [9.17, 15) is 0 Å². The lowest BCUT2D eigenvalue weighted by Crippen LogP contribution is -3.11. The van der Waals surface area contributed by atoms with Gasteiger partial charge in [-0.25, -0.2) is 15.0 Å². The fourth-order valence-electron chi connectivity index (χ4n) is 10.2. The van der Waals surface area contributed by atoms with Crippen LogP contribution in [0, 0.1) is 0 Å². The summed E-state index contributed by atoms with van der Waals surface area (Å²) in [6, 6.07) is 4.57. The zero-order valence-electron chi connectivity index (χ0n) is 36.8. The Morgan fingerprint density at radius 2 is 1.17 bits per heavy atom. The van der Waals surface area contributed by atoms with E-state index in [1.54, 1.807) is 0 Å². The summed E-state index contributed by atoms with van der Waals surface area (Å²) in [4.78, 5) is 35.8. The highest BCUT2D eigenvalue weighted by Crippen LogP contribution is 2.36. The van der Waals surface area contributed by atoms with Crippen LogP contribution in [-0.4, -0.2) is 117 Å². The molecule has 8 aliphatic rings. The molecule has 12 heteroatoms. The van der Waals surface area contributed by atoms with Gasteiger partial charge in [-0.05, 0) is 91.8 Å². The number of aromatic amines is 1. The van der Waals surface area contributed by atoms with E-state index < -0.39 is 0 Å². The van der Waals surface area contributed by atoms with E-state index in [0.717, 1.165) is 104 Å². The summed E-state index contributed by atoms with van der Waals surface area (Å²) in [6.45, 7) is 25.3. The molecule has 0 spiro atoms. The number of rotatable bonds is 11. The van der Waals surface area contributed by atoms with E-state index in [0.29, 0.717) is 0 Å². The van der Waals surface area contributed by atoms with Crippen molar-refractivity contribution in [2.75, 3.05) is 52.4 Å². The van der Waals surface area contributed by atoms with E-state index >= 15 is 0 Å². The lowest BCUT2D eigenvalue weighted by Gasteiger charge is -2.32. The molecule has 8 bridgehead atoms. The fourth-order valence-corrected chi connectivity index (χ4v) is 10.2. The first kappa shape index (κ1) is 39.8. The van der Waals surface area contributed by atoms with Crippen LogP contribution in [0.25, 0.3) is 11.1 Å². The number of aliphatic imine (C=N–C) groups is 2. The summed E-state index contributed by atoms with van der Waals surface area (Å²) in [5, 5.41) is 0. The van der Waals surface area contributed by atoms with Crippen LogP contribution < -0.4 is 19.7 Å². The van der Waals surface area contributed by atoms with Gasteiger partial charge < -0.3 is 24.6 Å². The molecule has 8 aliphatic heterocycles. The van der Waals surface area contributed by atoms with Gasteiger partial charge in [-0.3, -0.25) is 19.6 Å². The number of hydrogen-bond donors (Lipinski definition) is 5. The topological polar surface area (TPSA) is 84.0 Å². The first-order valence-corrected chi connectivity index (χ1v) is 22.5. The Morgan fingerprint density at radius 1 is 0.567 bits per heavy atom. The minimum atomic E-state index is -0.0211. The number of likely N-dealkylation sites (N-methyl/N-ethyl adjacent to an activating group) is 6. The summed E-state index contributed by atoms with van der Waals surface area (Å²) in [7, 11) is 0. The Bertz CT molecular complexity index is 2290. The third-order valence-electron chi connectivity index (χ3n) is 13.4. The predicted molar refractivity (Wildman–Crippen MR) is 241 cm³/mol. The van der Waals surface area contributed by atoms with Gasteiger partial charge in [-0.15, -0.1) is 0 Å². The molecule has 60 heavy (non-hydrogen) atoms. The minimum Gasteiger partial charge on any atom is -0.354 e. The molecule has 5 unspecified atom stereocenters. The van der Waals surface area contributed by atoms with Crippen molar-refractivity contribution in [1.82, 2.24) is 29.5 Å². The second-order valence-electron chi connectivity index (χ2n) is 16.2. The largest absolute Gasteiger partial charge is 0.354 e. The van der Waals surface area contributed by atoms with Gasteiger partial charge in [-0.1, -0.05) is 0 Å². The lowest BCUT2D eigenvalue weighted by molar-refractivity contribution is -0.869. The van der Waals surface area contributed by atoms with E-state index in [1.807, 2.05) is 0 Å². The van der Waals surface area contributed by atoms with Crippen LogP contribution in [0.4, 0.5) is 0 Å². The normalized spacial score (nSPS) is 28.2. The van der Waals surface area contributed by atoms with Crippen molar-refractivity contribution < 1.29 is 19.7 Å². The quantitative estimate of drug-likeness (QED) is 0.233.